The van der Waals surface area contributed by atoms with Crippen molar-refractivity contribution in [2.45, 2.75) is 38.6 Å². The molecule has 1 atom stereocenters. The van der Waals surface area contributed by atoms with E-state index in [0.717, 1.165) is 51.1 Å². The molecule has 4 nitrogen and oxygen atoms in total. The summed E-state index contributed by atoms with van der Waals surface area (Å²) in [6.45, 7) is 4.70. The number of piperidine rings is 2. The highest BCUT2D eigenvalue weighted by Gasteiger charge is 2.41. The van der Waals surface area contributed by atoms with Crippen molar-refractivity contribution in [1.82, 2.24) is 9.80 Å². The number of aromatic hydroxyl groups is 1. The molecule has 2 aromatic carbocycles. The Balaban J connectivity index is 1.39. The van der Waals surface area contributed by atoms with Gasteiger partial charge in [-0.25, -0.2) is 0 Å². The van der Waals surface area contributed by atoms with Crippen LogP contribution >= 0.6 is 0 Å². The second kappa shape index (κ2) is 8.36. The molecule has 0 bridgehead atoms. The molecule has 0 saturated carbocycles. The van der Waals surface area contributed by atoms with Gasteiger partial charge < -0.3 is 10.0 Å². The lowest BCUT2D eigenvalue weighted by atomic mass is 9.73. The van der Waals surface area contributed by atoms with Crippen molar-refractivity contribution in [2.75, 3.05) is 26.2 Å². The van der Waals surface area contributed by atoms with E-state index in [1.54, 1.807) is 6.07 Å². The summed E-state index contributed by atoms with van der Waals surface area (Å²) < 4.78 is 0. The average Bonchev–Trinajstić information content (AvgIpc) is 2.70. The molecule has 1 amide bonds. The molecule has 1 N–H and O–H groups in total. The van der Waals surface area contributed by atoms with E-state index in [1.807, 2.05) is 18.2 Å². The lowest BCUT2D eigenvalue weighted by Gasteiger charge is -2.48. The molecule has 1 spiro atoms. The number of hydrogen-bond donors (Lipinski definition) is 1. The van der Waals surface area contributed by atoms with Gasteiger partial charge >= 0.3 is 0 Å². The molecular formula is C24H30N2O2. The van der Waals surface area contributed by atoms with Gasteiger partial charge in [0.15, 0.2) is 0 Å². The van der Waals surface area contributed by atoms with Crippen LogP contribution in [0, 0.1) is 5.41 Å². The minimum absolute atomic E-state index is 0.222. The molecule has 28 heavy (non-hydrogen) atoms. The minimum Gasteiger partial charge on any atom is -0.508 e. The van der Waals surface area contributed by atoms with Gasteiger partial charge in [0, 0.05) is 38.0 Å². The van der Waals surface area contributed by atoms with Crippen LogP contribution in [0.4, 0.5) is 0 Å². The molecule has 1 unspecified atom stereocenters. The van der Waals surface area contributed by atoms with E-state index in [0.29, 0.717) is 18.1 Å². The predicted octanol–water partition coefficient (Wildman–Crippen LogP) is 3.84. The minimum atomic E-state index is 0.222. The summed E-state index contributed by atoms with van der Waals surface area (Å²) in [5, 5.41) is 9.74. The maximum absolute atomic E-state index is 12.5. The molecule has 0 aliphatic carbocycles. The lowest BCUT2D eigenvalue weighted by Crippen LogP contribution is -2.54. The van der Waals surface area contributed by atoms with Crippen molar-refractivity contribution in [3.05, 3.63) is 65.7 Å². The van der Waals surface area contributed by atoms with Gasteiger partial charge in [0.2, 0.25) is 5.91 Å². The Kier molecular flexibility index (Phi) is 5.67. The number of likely N-dealkylation sites (tertiary alicyclic amines) is 2. The van der Waals surface area contributed by atoms with E-state index < -0.39 is 0 Å². The van der Waals surface area contributed by atoms with Crippen molar-refractivity contribution in [1.29, 1.82) is 0 Å². The van der Waals surface area contributed by atoms with Gasteiger partial charge in [0.1, 0.15) is 5.75 Å². The average molecular weight is 379 g/mol. The third-order valence-corrected chi connectivity index (χ3v) is 6.32. The first-order valence-electron chi connectivity index (χ1n) is 10.4. The summed E-state index contributed by atoms with van der Waals surface area (Å²) >= 11 is 0. The third-order valence-electron chi connectivity index (χ3n) is 6.32. The standard InChI is InChI=1S/C24H30N2O2/c27-22-9-4-8-21(16-22)17-25-14-5-12-24(18-25)13-10-23(28)26(19-24)15-11-20-6-2-1-3-7-20/h1-4,6-9,16,27H,5,10-15,17-19H2. The van der Waals surface area contributed by atoms with Crippen molar-refractivity contribution in [3.63, 3.8) is 0 Å². The summed E-state index contributed by atoms with van der Waals surface area (Å²) in [5.41, 5.74) is 2.67. The first-order valence-corrected chi connectivity index (χ1v) is 10.4. The first kappa shape index (κ1) is 19.0. The number of benzene rings is 2. The van der Waals surface area contributed by atoms with E-state index in [1.165, 1.54) is 18.4 Å². The van der Waals surface area contributed by atoms with Gasteiger partial charge in [-0.15, -0.1) is 0 Å². The maximum Gasteiger partial charge on any atom is 0.222 e. The Morgan fingerprint density at radius 1 is 0.964 bits per heavy atom. The van der Waals surface area contributed by atoms with Crippen LogP contribution in [0.2, 0.25) is 0 Å². The molecule has 2 aromatic rings. The second-order valence-electron chi connectivity index (χ2n) is 8.54. The number of carbonyl (C=O) groups is 1. The summed E-state index contributed by atoms with van der Waals surface area (Å²) in [6.07, 6.45) is 4.99. The zero-order valence-corrected chi connectivity index (χ0v) is 16.5. The van der Waals surface area contributed by atoms with E-state index >= 15 is 0 Å². The van der Waals surface area contributed by atoms with E-state index in [9.17, 15) is 9.90 Å². The second-order valence-corrected chi connectivity index (χ2v) is 8.54. The van der Waals surface area contributed by atoms with Crippen molar-refractivity contribution >= 4 is 5.91 Å². The van der Waals surface area contributed by atoms with Crippen molar-refractivity contribution < 1.29 is 9.90 Å². The van der Waals surface area contributed by atoms with Crippen molar-refractivity contribution in [3.8, 4) is 5.75 Å². The number of hydrogen-bond acceptors (Lipinski definition) is 3. The molecule has 2 heterocycles. The Labute approximate surface area is 167 Å². The normalized spacial score (nSPS) is 23.3. The van der Waals surface area contributed by atoms with Gasteiger partial charge in [0.25, 0.3) is 0 Å². The summed E-state index contributed by atoms with van der Waals surface area (Å²) in [6, 6.07) is 18.0. The molecule has 148 valence electrons. The summed E-state index contributed by atoms with van der Waals surface area (Å²) in [4.78, 5) is 17.1. The maximum atomic E-state index is 12.5. The third kappa shape index (κ3) is 4.56. The van der Waals surface area contributed by atoms with Crippen LogP contribution in [0.15, 0.2) is 54.6 Å². The Morgan fingerprint density at radius 3 is 2.61 bits per heavy atom. The SMILES string of the molecule is O=C1CCC2(CCCN(Cc3cccc(O)c3)C2)CN1CCc1ccccc1. The van der Waals surface area contributed by atoms with Gasteiger partial charge in [-0.3, -0.25) is 9.69 Å². The molecule has 0 aromatic heterocycles. The van der Waals surface area contributed by atoms with Crippen LogP contribution < -0.4 is 0 Å². The molecule has 4 heteroatoms. The van der Waals surface area contributed by atoms with Crippen LogP contribution in [-0.4, -0.2) is 47.0 Å². The fraction of sp³-hybridized carbons (Fsp3) is 0.458. The quantitative estimate of drug-likeness (QED) is 0.860. The van der Waals surface area contributed by atoms with Gasteiger partial charge in [-0.1, -0.05) is 42.5 Å². The topological polar surface area (TPSA) is 43.8 Å². The fourth-order valence-electron chi connectivity index (χ4n) is 4.91. The number of phenols is 1. The Morgan fingerprint density at radius 2 is 1.79 bits per heavy atom. The first-order chi connectivity index (χ1) is 13.6. The number of carbonyl (C=O) groups excluding carboxylic acids is 1. The fourth-order valence-corrected chi connectivity index (χ4v) is 4.91. The van der Waals surface area contributed by atoms with Crippen LogP contribution in [0.3, 0.4) is 0 Å². The number of rotatable bonds is 5. The molecule has 2 aliphatic heterocycles. The molecule has 2 saturated heterocycles. The predicted molar refractivity (Wildman–Crippen MR) is 111 cm³/mol. The number of phenolic OH excluding ortho intramolecular Hbond substituents is 1. The van der Waals surface area contributed by atoms with Crippen LogP contribution in [-0.2, 0) is 17.8 Å². The van der Waals surface area contributed by atoms with Crippen molar-refractivity contribution in [2.24, 2.45) is 5.41 Å². The monoisotopic (exact) mass is 378 g/mol. The van der Waals surface area contributed by atoms with E-state index in [-0.39, 0.29) is 5.41 Å². The highest BCUT2D eigenvalue weighted by Crippen LogP contribution is 2.39. The van der Waals surface area contributed by atoms with Gasteiger partial charge in [-0.05, 0) is 55.5 Å². The van der Waals surface area contributed by atoms with E-state index in [2.05, 4.69) is 40.1 Å². The highest BCUT2D eigenvalue weighted by atomic mass is 16.3. The molecule has 2 fully saturated rings. The Hall–Kier alpha value is -2.33. The van der Waals surface area contributed by atoms with Gasteiger partial charge in [-0.2, -0.15) is 0 Å². The van der Waals surface area contributed by atoms with Crippen LogP contribution in [0.25, 0.3) is 0 Å². The van der Waals surface area contributed by atoms with Crippen LogP contribution in [0.5, 0.6) is 5.75 Å². The lowest BCUT2D eigenvalue weighted by molar-refractivity contribution is -0.139. The zero-order valence-electron chi connectivity index (χ0n) is 16.5. The summed E-state index contributed by atoms with van der Waals surface area (Å²) in [5.74, 6) is 0.645. The molecular weight excluding hydrogens is 348 g/mol. The number of nitrogens with zero attached hydrogens (tertiary/aromatic N) is 2. The molecule has 4 rings (SSSR count). The Bertz CT molecular complexity index is 807. The van der Waals surface area contributed by atoms with E-state index in [4.69, 9.17) is 0 Å². The zero-order chi connectivity index (χ0) is 19.4. The van der Waals surface area contributed by atoms with Gasteiger partial charge in [0.05, 0.1) is 0 Å². The number of amides is 1. The van der Waals surface area contributed by atoms with Crippen LogP contribution in [0.1, 0.15) is 36.8 Å². The highest BCUT2D eigenvalue weighted by molar-refractivity contribution is 5.77. The smallest absolute Gasteiger partial charge is 0.222 e. The molecule has 0 radical (unpaired) electrons. The largest absolute Gasteiger partial charge is 0.508 e. The molecule has 2 aliphatic rings. The summed E-state index contributed by atoms with van der Waals surface area (Å²) in [7, 11) is 0.